The average molecular weight is 256 g/mol. The van der Waals surface area contributed by atoms with E-state index >= 15 is 0 Å². The molecule has 1 aromatic heterocycles. The Morgan fingerprint density at radius 3 is 2.84 bits per heavy atom. The van der Waals surface area contributed by atoms with E-state index in [9.17, 15) is 0 Å². The highest BCUT2D eigenvalue weighted by Crippen LogP contribution is 2.35. The molecule has 1 fully saturated rings. The minimum absolute atomic E-state index is 0.0497. The Kier molecular flexibility index (Phi) is 3.34. The van der Waals surface area contributed by atoms with Crippen molar-refractivity contribution in [3.63, 3.8) is 0 Å². The smallest absolute Gasteiger partial charge is 0.0846 e. The first kappa shape index (κ1) is 12.4. The van der Waals surface area contributed by atoms with Crippen molar-refractivity contribution in [2.24, 2.45) is 0 Å². The second-order valence-corrected chi connectivity index (χ2v) is 5.23. The second kappa shape index (κ2) is 5.13. The molecule has 0 bridgehead atoms. The molecule has 2 aromatic rings. The Balaban J connectivity index is 2.04. The SMILES string of the molecule is CCCC1(c2cnnn2-c2ccccc2)CCCN1. The van der Waals surface area contributed by atoms with Crippen LogP contribution in [0.25, 0.3) is 5.69 Å². The lowest BCUT2D eigenvalue weighted by Gasteiger charge is -2.29. The number of benzene rings is 1. The highest BCUT2D eigenvalue weighted by atomic mass is 15.4. The number of hydrogen-bond acceptors (Lipinski definition) is 3. The summed E-state index contributed by atoms with van der Waals surface area (Å²) in [4.78, 5) is 0. The van der Waals surface area contributed by atoms with Crippen LogP contribution in [0.5, 0.6) is 0 Å². The van der Waals surface area contributed by atoms with Crippen LogP contribution in [-0.2, 0) is 5.54 Å². The third-order valence-corrected chi connectivity index (χ3v) is 3.96. The van der Waals surface area contributed by atoms with Crippen molar-refractivity contribution in [1.82, 2.24) is 20.3 Å². The Morgan fingerprint density at radius 2 is 2.16 bits per heavy atom. The monoisotopic (exact) mass is 256 g/mol. The Hall–Kier alpha value is -1.68. The molecular weight excluding hydrogens is 236 g/mol. The van der Waals surface area contributed by atoms with Gasteiger partial charge in [0.05, 0.1) is 23.1 Å². The van der Waals surface area contributed by atoms with Crippen LogP contribution in [0.3, 0.4) is 0 Å². The number of para-hydroxylation sites is 1. The molecule has 0 spiro atoms. The Morgan fingerprint density at radius 1 is 1.32 bits per heavy atom. The number of nitrogens with one attached hydrogen (secondary N) is 1. The van der Waals surface area contributed by atoms with Crippen LogP contribution in [0.15, 0.2) is 36.5 Å². The maximum absolute atomic E-state index is 4.28. The molecule has 4 heteroatoms. The average Bonchev–Trinajstić information content (AvgIpc) is 3.09. The summed E-state index contributed by atoms with van der Waals surface area (Å²) in [5.74, 6) is 0. The van der Waals surface area contributed by atoms with Gasteiger partial charge in [0.2, 0.25) is 0 Å². The minimum atomic E-state index is 0.0497. The van der Waals surface area contributed by atoms with E-state index in [4.69, 9.17) is 0 Å². The molecule has 0 radical (unpaired) electrons. The summed E-state index contributed by atoms with van der Waals surface area (Å²) in [6.07, 6.45) is 6.60. The summed E-state index contributed by atoms with van der Waals surface area (Å²) in [6, 6.07) is 10.3. The van der Waals surface area contributed by atoms with Crippen molar-refractivity contribution in [3.8, 4) is 5.69 Å². The first-order valence-electron chi connectivity index (χ1n) is 7.07. The molecule has 19 heavy (non-hydrogen) atoms. The van der Waals surface area contributed by atoms with Crippen molar-refractivity contribution in [3.05, 3.63) is 42.2 Å². The lowest BCUT2D eigenvalue weighted by atomic mass is 9.88. The van der Waals surface area contributed by atoms with E-state index in [1.54, 1.807) is 0 Å². The van der Waals surface area contributed by atoms with Crippen molar-refractivity contribution in [1.29, 1.82) is 0 Å². The molecule has 1 aromatic carbocycles. The fourth-order valence-corrected chi connectivity index (χ4v) is 3.11. The Bertz CT molecular complexity index is 526. The van der Waals surface area contributed by atoms with Crippen LogP contribution in [-0.4, -0.2) is 21.5 Å². The van der Waals surface area contributed by atoms with Crippen molar-refractivity contribution >= 4 is 0 Å². The lowest BCUT2D eigenvalue weighted by Crippen LogP contribution is -2.38. The van der Waals surface area contributed by atoms with E-state index in [0.29, 0.717) is 0 Å². The predicted molar refractivity (Wildman–Crippen MR) is 75.2 cm³/mol. The van der Waals surface area contributed by atoms with Crippen molar-refractivity contribution in [2.75, 3.05) is 6.54 Å². The van der Waals surface area contributed by atoms with Gasteiger partial charge in [0, 0.05) is 0 Å². The van der Waals surface area contributed by atoms with Gasteiger partial charge in [0.15, 0.2) is 0 Å². The molecule has 0 amide bonds. The molecule has 2 heterocycles. The Labute approximate surface area is 113 Å². The normalized spacial score (nSPS) is 22.8. The molecule has 1 aliphatic rings. The lowest BCUT2D eigenvalue weighted by molar-refractivity contribution is 0.337. The van der Waals surface area contributed by atoms with Gasteiger partial charge in [-0.25, -0.2) is 4.68 Å². The summed E-state index contributed by atoms with van der Waals surface area (Å²) in [7, 11) is 0. The number of aromatic nitrogens is 3. The fraction of sp³-hybridized carbons (Fsp3) is 0.467. The van der Waals surface area contributed by atoms with Crippen molar-refractivity contribution < 1.29 is 0 Å². The molecule has 0 aliphatic carbocycles. The summed E-state index contributed by atoms with van der Waals surface area (Å²) in [5.41, 5.74) is 2.32. The zero-order valence-electron chi connectivity index (χ0n) is 11.3. The topological polar surface area (TPSA) is 42.7 Å². The van der Waals surface area contributed by atoms with E-state index in [-0.39, 0.29) is 5.54 Å². The second-order valence-electron chi connectivity index (χ2n) is 5.23. The standard InChI is InChI=1S/C15H20N4/c1-2-9-15(10-6-11-16-15)14-12-17-18-19(14)13-7-4-3-5-8-13/h3-5,7-8,12,16H,2,6,9-11H2,1H3. The molecule has 1 N–H and O–H groups in total. The van der Waals surface area contributed by atoms with Gasteiger partial charge in [-0.15, -0.1) is 5.10 Å². The molecular formula is C15H20N4. The minimum Gasteiger partial charge on any atom is -0.306 e. The molecule has 100 valence electrons. The molecule has 3 rings (SSSR count). The third-order valence-electron chi connectivity index (χ3n) is 3.96. The van der Waals surface area contributed by atoms with Gasteiger partial charge in [-0.2, -0.15) is 0 Å². The van der Waals surface area contributed by atoms with Crippen LogP contribution < -0.4 is 5.32 Å². The highest BCUT2D eigenvalue weighted by molar-refractivity contribution is 5.33. The zero-order chi connectivity index (χ0) is 13.1. The first-order valence-corrected chi connectivity index (χ1v) is 7.07. The summed E-state index contributed by atoms with van der Waals surface area (Å²) >= 11 is 0. The molecule has 1 saturated heterocycles. The largest absolute Gasteiger partial charge is 0.306 e. The molecule has 1 aliphatic heterocycles. The number of rotatable bonds is 4. The number of nitrogens with zero attached hydrogens (tertiary/aromatic N) is 3. The van der Waals surface area contributed by atoms with Gasteiger partial charge in [-0.05, 0) is 37.9 Å². The molecule has 1 unspecified atom stereocenters. The maximum Gasteiger partial charge on any atom is 0.0846 e. The van der Waals surface area contributed by atoms with Gasteiger partial charge < -0.3 is 5.32 Å². The highest BCUT2D eigenvalue weighted by Gasteiger charge is 2.37. The van der Waals surface area contributed by atoms with Gasteiger partial charge >= 0.3 is 0 Å². The van der Waals surface area contributed by atoms with Gasteiger partial charge in [-0.3, -0.25) is 0 Å². The zero-order valence-corrected chi connectivity index (χ0v) is 11.3. The summed E-state index contributed by atoms with van der Waals surface area (Å²) < 4.78 is 1.98. The third kappa shape index (κ3) is 2.16. The van der Waals surface area contributed by atoms with Crippen LogP contribution in [0.4, 0.5) is 0 Å². The first-order chi connectivity index (χ1) is 9.36. The van der Waals surface area contributed by atoms with E-state index in [1.807, 2.05) is 29.1 Å². The molecule has 1 atom stereocenters. The van der Waals surface area contributed by atoms with Gasteiger partial charge in [0.1, 0.15) is 0 Å². The summed E-state index contributed by atoms with van der Waals surface area (Å²) in [5, 5.41) is 12.1. The quantitative estimate of drug-likeness (QED) is 0.914. The van der Waals surface area contributed by atoms with E-state index in [0.717, 1.165) is 25.1 Å². The molecule has 0 saturated carbocycles. The molecule has 4 nitrogen and oxygen atoms in total. The van der Waals surface area contributed by atoms with E-state index in [1.165, 1.54) is 18.5 Å². The van der Waals surface area contributed by atoms with Crippen molar-refractivity contribution in [2.45, 2.75) is 38.1 Å². The number of hydrogen-bond donors (Lipinski definition) is 1. The van der Waals surface area contributed by atoms with Crippen LogP contribution in [0.2, 0.25) is 0 Å². The van der Waals surface area contributed by atoms with Crippen LogP contribution in [0, 0.1) is 0 Å². The maximum atomic E-state index is 4.28. The van der Waals surface area contributed by atoms with E-state index < -0.39 is 0 Å². The summed E-state index contributed by atoms with van der Waals surface area (Å²) in [6.45, 7) is 3.32. The predicted octanol–water partition coefficient (Wildman–Crippen LogP) is 2.65. The van der Waals surface area contributed by atoms with Crippen LogP contribution in [0.1, 0.15) is 38.3 Å². The fourth-order valence-electron chi connectivity index (χ4n) is 3.11. The van der Waals surface area contributed by atoms with Gasteiger partial charge in [0.25, 0.3) is 0 Å². The van der Waals surface area contributed by atoms with Gasteiger partial charge in [-0.1, -0.05) is 36.8 Å². The van der Waals surface area contributed by atoms with Crippen LogP contribution >= 0.6 is 0 Å². The van der Waals surface area contributed by atoms with E-state index in [2.05, 4.69) is 34.7 Å².